The van der Waals surface area contributed by atoms with E-state index in [-0.39, 0.29) is 16.7 Å². The molecule has 0 fully saturated rings. The molecule has 3 amide bonds. The molecule has 0 saturated heterocycles. The van der Waals surface area contributed by atoms with Gasteiger partial charge in [-0.1, -0.05) is 0 Å². The van der Waals surface area contributed by atoms with E-state index in [0.717, 1.165) is 10.7 Å². The Morgan fingerprint density at radius 1 is 0.464 bits per heavy atom. The maximum atomic E-state index is 13.1. The Kier molecular flexibility index (Phi) is 7.20. The fourth-order valence-electron chi connectivity index (χ4n) is 2.44. The molecule has 3 rings (SSSR count). The van der Waals surface area contributed by atoms with Gasteiger partial charge in [0.05, 0.1) is 0 Å². The molecular weight excluding hydrogens is 695 g/mol. The summed E-state index contributed by atoms with van der Waals surface area (Å²) in [5.74, 6) is -1.95. The summed E-state index contributed by atoms with van der Waals surface area (Å²) in [6.07, 6.45) is 0. The fraction of sp³-hybridized carbons (Fsp3) is 0. The maximum Gasteiger partial charge on any atom is 0.267 e. The van der Waals surface area contributed by atoms with Crippen LogP contribution in [0.2, 0.25) is 0 Å². The van der Waals surface area contributed by atoms with Crippen molar-refractivity contribution in [3.8, 4) is 0 Å². The number of imide groups is 3. The van der Waals surface area contributed by atoms with Crippen molar-refractivity contribution in [2.75, 3.05) is 0 Å². The zero-order valence-electron chi connectivity index (χ0n) is 14.2. The molecule has 0 aliphatic heterocycles. The van der Waals surface area contributed by atoms with Gasteiger partial charge < -0.3 is 0 Å². The van der Waals surface area contributed by atoms with Crippen LogP contribution in [0.1, 0.15) is 31.1 Å². The topological polar surface area (TPSA) is 54.5 Å². The molecule has 0 heterocycles. The Hall–Kier alpha value is -1.34. The third-order valence-electron chi connectivity index (χ3n) is 3.88. The second-order valence-electron chi connectivity index (χ2n) is 5.77. The van der Waals surface area contributed by atoms with Crippen LogP contribution in [0.25, 0.3) is 0 Å². The van der Waals surface area contributed by atoms with Crippen molar-refractivity contribution in [1.82, 2.24) is 4.90 Å². The highest BCUT2D eigenvalue weighted by Gasteiger charge is 2.31. The number of hydrogen-bond donors (Lipinski definition) is 0. The molecule has 3 aromatic carbocycles. The largest absolute Gasteiger partial charge is 0.268 e. The molecule has 0 radical (unpaired) electrons. The molecule has 4 nitrogen and oxygen atoms in total. The van der Waals surface area contributed by atoms with Crippen molar-refractivity contribution >= 4 is 85.5 Å². The van der Waals surface area contributed by atoms with E-state index in [4.69, 9.17) is 0 Å². The number of rotatable bonds is 3. The fourth-order valence-corrected chi connectivity index (χ4v) is 3.52. The normalized spacial score (nSPS) is 10.4. The number of benzene rings is 3. The number of hydrogen-bond acceptors (Lipinski definition) is 3. The molecule has 0 aliphatic carbocycles. The highest BCUT2D eigenvalue weighted by molar-refractivity contribution is 14.1. The summed E-state index contributed by atoms with van der Waals surface area (Å²) in [6.45, 7) is 0. The van der Waals surface area contributed by atoms with Crippen LogP contribution in [0, 0.1) is 10.7 Å². The van der Waals surface area contributed by atoms with Gasteiger partial charge in [-0.15, -0.1) is 0 Å². The van der Waals surface area contributed by atoms with Crippen LogP contribution in [-0.2, 0) is 0 Å². The second-order valence-corrected chi connectivity index (χ2v) is 9.51. The number of halogens is 3. The van der Waals surface area contributed by atoms with Crippen LogP contribution >= 0.6 is 67.8 Å². The monoisotopic (exact) mass is 707 g/mol. The molecule has 0 spiro atoms. The SMILES string of the molecule is O=C(c1ccc(I)cc1)N(C(=O)c1ccc(I)cc1)C(=O)c1ccc(I)cc1. The average Bonchev–Trinajstić information content (AvgIpc) is 2.69. The Morgan fingerprint density at radius 2 is 0.679 bits per heavy atom. The molecule has 0 bridgehead atoms. The van der Waals surface area contributed by atoms with E-state index >= 15 is 0 Å². The van der Waals surface area contributed by atoms with Crippen LogP contribution in [0.3, 0.4) is 0 Å². The minimum Gasteiger partial charge on any atom is -0.268 e. The van der Waals surface area contributed by atoms with E-state index in [2.05, 4.69) is 67.8 Å². The molecule has 0 unspecified atom stereocenters. The van der Waals surface area contributed by atoms with Gasteiger partial charge in [0.25, 0.3) is 17.7 Å². The van der Waals surface area contributed by atoms with E-state index in [9.17, 15) is 14.4 Å². The van der Waals surface area contributed by atoms with Gasteiger partial charge >= 0.3 is 0 Å². The van der Waals surface area contributed by atoms with Gasteiger partial charge in [-0.3, -0.25) is 14.4 Å². The van der Waals surface area contributed by atoms with Crippen LogP contribution < -0.4 is 0 Å². The maximum absolute atomic E-state index is 13.1. The third-order valence-corrected chi connectivity index (χ3v) is 6.04. The van der Waals surface area contributed by atoms with Gasteiger partial charge in [0.2, 0.25) is 0 Å². The number of amides is 3. The summed E-state index contributed by atoms with van der Waals surface area (Å²) in [4.78, 5) is 40.0. The average molecular weight is 707 g/mol. The summed E-state index contributed by atoms with van der Waals surface area (Å²) in [5.41, 5.74) is 0.828. The minimum absolute atomic E-state index is 0.276. The van der Waals surface area contributed by atoms with Crippen LogP contribution in [0.5, 0.6) is 0 Å². The summed E-state index contributed by atoms with van der Waals surface area (Å²) < 4.78 is 2.86. The molecule has 7 heteroatoms. The lowest BCUT2D eigenvalue weighted by atomic mass is 10.1. The molecule has 0 aliphatic rings. The highest BCUT2D eigenvalue weighted by atomic mass is 127. The first-order valence-electron chi connectivity index (χ1n) is 8.06. The molecule has 140 valence electrons. The summed E-state index contributed by atoms with van der Waals surface area (Å²) in [5, 5.41) is 0. The van der Waals surface area contributed by atoms with E-state index in [0.29, 0.717) is 4.90 Å². The first-order valence-corrected chi connectivity index (χ1v) is 11.3. The molecule has 0 N–H and O–H groups in total. The van der Waals surface area contributed by atoms with Gasteiger partial charge in [-0.05, 0) is 141 Å². The van der Waals surface area contributed by atoms with Crippen molar-refractivity contribution in [3.63, 3.8) is 0 Å². The summed E-state index contributed by atoms with van der Waals surface area (Å²) >= 11 is 6.39. The first kappa shape index (κ1) is 21.4. The van der Waals surface area contributed by atoms with Crippen LogP contribution in [0.15, 0.2) is 72.8 Å². The lowest BCUT2D eigenvalue weighted by Crippen LogP contribution is -2.42. The van der Waals surface area contributed by atoms with Gasteiger partial charge in [0.1, 0.15) is 0 Å². The Bertz CT molecular complexity index is 893. The minimum atomic E-state index is -0.650. The second kappa shape index (κ2) is 9.44. The van der Waals surface area contributed by atoms with Crippen molar-refractivity contribution in [2.24, 2.45) is 0 Å². The number of carbonyl (C=O) groups is 3. The van der Waals surface area contributed by atoms with E-state index in [1.165, 1.54) is 0 Å². The zero-order chi connectivity index (χ0) is 20.3. The lowest BCUT2D eigenvalue weighted by Gasteiger charge is -2.19. The first-order chi connectivity index (χ1) is 13.4. The Labute approximate surface area is 203 Å². The van der Waals surface area contributed by atoms with Gasteiger partial charge in [0.15, 0.2) is 0 Å². The van der Waals surface area contributed by atoms with Crippen molar-refractivity contribution < 1.29 is 14.4 Å². The van der Waals surface area contributed by atoms with Crippen molar-refractivity contribution in [2.45, 2.75) is 0 Å². The van der Waals surface area contributed by atoms with Gasteiger partial charge in [0, 0.05) is 27.4 Å². The van der Waals surface area contributed by atoms with Crippen LogP contribution in [-0.4, -0.2) is 22.6 Å². The Morgan fingerprint density at radius 3 is 0.893 bits per heavy atom. The summed E-state index contributed by atoms with van der Waals surface area (Å²) in [7, 11) is 0. The van der Waals surface area contributed by atoms with Crippen molar-refractivity contribution in [1.29, 1.82) is 0 Å². The molecular formula is C21H12I3NO3. The third kappa shape index (κ3) is 4.98. The molecule has 0 atom stereocenters. The summed E-state index contributed by atoms with van der Waals surface area (Å²) in [6, 6.07) is 20.2. The molecule has 28 heavy (non-hydrogen) atoms. The zero-order valence-corrected chi connectivity index (χ0v) is 20.7. The predicted molar refractivity (Wildman–Crippen MR) is 132 cm³/mol. The molecule has 0 saturated carbocycles. The Balaban J connectivity index is 2.04. The number of nitrogens with zero attached hydrogens (tertiary/aromatic N) is 1. The van der Waals surface area contributed by atoms with E-state index < -0.39 is 17.7 Å². The van der Waals surface area contributed by atoms with Gasteiger partial charge in [-0.25, -0.2) is 4.90 Å². The lowest BCUT2D eigenvalue weighted by molar-refractivity contribution is 0.0538. The highest BCUT2D eigenvalue weighted by Crippen LogP contribution is 2.18. The van der Waals surface area contributed by atoms with Gasteiger partial charge in [-0.2, -0.15) is 0 Å². The van der Waals surface area contributed by atoms with E-state index in [1.807, 2.05) is 0 Å². The van der Waals surface area contributed by atoms with E-state index in [1.54, 1.807) is 72.8 Å². The quantitative estimate of drug-likeness (QED) is 0.263. The molecule has 0 aromatic heterocycles. The van der Waals surface area contributed by atoms with Crippen LogP contribution in [0.4, 0.5) is 0 Å². The molecule has 3 aromatic rings. The predicted octanol–water partition coefficient (Wildman–Crippen LogP) is 5.62. The number of carbonyl (C=O) groups excluding carboxylic acids is 3. The smallest absolute Gasteiger partial charge is 0.267 e. The van der Waals surface area contributed by atoms with Crippen molar-refractivity contribution in [3.05, 3.63) is 100 Å². The standard InChI is InChI=1S/C21H12I3NO3/c22-16-7-1-13(2-8-16)19(26)25(20(27)14-3-9-17(23)10-4-14)21(28)15-5-11-18(24)12-6-15/h1-12H.